The standard InChI is InChI=1S/2C8H6O4.C6H8N2/c9-7(10)5-1-2-6(4-3-5)8(11)12;9-7(10)5-2-1-3-6(4-5)8(11)12;7-5-2-1-3-6(8)4-5/h2*1-4H,(H,9,10)(H,11,12);1-4H,7-8H2. The van der Waals surface area contributed by atoms with Crippen LogP contribution >= 0.6 is 0 Å². The van der Waals surface area contributed by atoms with Gasteiger partial charge >= 0.3 is 23.9 Å². The Morgan fingerprint density at radius 3 is 1.03 bits per heavy atom. The molecule has 0 saturated carbocycles. The van der Waals surface area contributed by atoms with E-state index in [1.807, 2.05) is 6.07 Å². The Balaban J connectivity index is 0.000000245. The molecule has 3 rings (SSSR count). The van der Waals surface area contributed by atoms with Crippen molar-refractivity contribution in [2.75, 3.05) is 11.5 Å². The number of hydrogen-bond donors (Lipinski definition) is 6. The number of hydrogen-bond acceptors (Lipinski definition) is 6. The summed E-state index contributed by atoms with van der Waals surface area (Å²) in [6.45, 7) is 0. The van der Waals surface area contributed by atoms with Crippen molar-refractivity contribution in [1.29, 1.82) is 0 Å². The molecule has 0 fully saturated rings. The smallest absolute Gasteiger partial charge is 0.335 e. The minimum absolute atomic E-state index is 0.0186. The van der Waals surface area contributed by atoms with Gasteiger partial charge in [0.25, 0.3) is 0 Å². The summed E-state index contributed by atoms with van der Waals surface area (Å²) < 4.78 is 0. The van der Waals surface area contributed by atoms with E-state index in [2.05, 4.69) is 0 Å². The minimum Gasteiger partial charge on any atom is -0.478 e. The number of benzene rings is 3. The van der Waals surface area contributed by atoms with Crippen molar-refractivity contribution in [3.63, 3.8) is 0 Å². The number of aromatic carboxylic acids is 4. The van der Waals surface area contributed by atoms with Crippen LogP contribution in [0.2, 0.25) is 0 Å². The molecular weight excluding hydrogens is 420 g/mol. The highest BCUT2D eigenvalue weighted by atomic mass is 16.4. The van der Waals surface area contributed by atoms with E-state index in [0.29, 0.717) is 11.4 Å². The molecule has 10 heteroatoms. The predicted molar refractivity (Wildman–Crippen MR) is 116 cm³/mol. The van der Waals surface area contributed by atoms with E-state index in [4.69, 9.17) is 31.9 Å². The van der Waals surface area contributed by atoms with E-state index in [1.54, 1.807) is 18.2 Å². The predicted octanol–water partition coefficient (Wildman–Crippen LogP) is 3.02. The molecule has 0 spiro atoms. The van der Waals surface area contributed by atoms with Crippen LogP contribution < -0.4 is 11.5 Å². The number of anilines is 2. The quantitative estimate of drug-likeness (QED) is 0.327. The molecule has 3 aromatic carbocycles. The summed E-state index contributed by atoms with van der Waals surface area (Å²) in [7, 11) is 0. The molecular formula is C22H20N2O8. The van der Waals surface area contributed by atoms with Crippen LogP contribution in [0.15, 0.2) is 72.8 Å². The summed E-state index contributed by atoms with van der Waals surface area (Å²) >= 11 is 0. The first-order valence-corrected chi connectivity index (χ1v) is 8.75. The van der Waals surface area contributed by atoms with Crippen LogP contribution in [0, 0.1) is 0 Å². The Morgan fingerprint density at radius 2 is 0.781 bits per heavy atom. The molecule has 0 aliphatic heterocycles. The zero-order valence-corrected chi connectivity index (χ0v) is 16.5. The highest BCUT2D eigenvalue weighted by Gasteiger charge is 2.07. The number of nitrogen functional groups attached to an aromatic ring is 2. The van der Waals surface area contributed by atoms with Crippen LogP contribution in [0.3, 0.4) is 0 Å². The highest BCUT2D eigenvalue weighted by molar-refractivity contribution is 5.93. The van der Waals surface area contributed by atoms with Crippen molar-refractivity contribution in [3.05, 3.63) is 95.1 Å². The second kappa shape index (κ2) is 12.0. The van der Waals surface area contributed by atoms with Crippen LogP contribution in [0.1, 0.15) is 41.4 Å². The molecule has 3 aromatic rings. The number of carboxylic acids is 4. The van der Waals surface area contributed by atoms with Crippen molar-refractivity contribution in [3.8, 4) is 0 Å². The molecule has 0 atom stereocenters. The van der Waals surface area contributed by atoms with Gasteiger partial charge in [-0.2, -0.15) is 0 Å². The molecule has 32 heavy (non-hydrogen) atoms. The summed E-state index contributed by atoms with van der Waals surface area (Å²) in [6.07, 6.45) is 0. The van der Waals surface area contributed by atoms with E-state index >= 15 is 0 Å². The second-order valence-corrected chi connectivity index (χ2v) is 6.05. The fourth-order valence-electron chi connectivity index (χ4n) is 2.10. The zero-order chi connectivity index (χ0) is 24.3. The normalized spacial score (nSPS) is 9.25. The van der Waals surface area contributed by atoms with Gasteiger partial charge in [0.15, 0.2) is 0 Å². The zero-order valence-electron chi connectivity index (χ0n) is 16.5. The van der Waals surface area contributed by atoms with Gasteiger partial charge in [-0.3, -0.25) is 0 Å². The largest absolute Gasteiger partial charge is 0.478 e. The molecule has 10 nitrogen and oxygen atoms in total. The Bertz CT molecular complexity index is 1030. The average Bonchev–Trinajstić information content (AvgIpc) is 2.74. The number of rotatable bonds is 4. The summed E-state index contributed by atoms with van der Waals surface area (Å²) in [5, 5.41) is 33.9. The van der Waals surface area contributed by atoms with E-state index in [0.717, 1.165) is 6.07 Å². The van der Waals surface area contributed by atoms with Gasteiger partial charge in [0.1, 0.15) is 0 Å². The molecule has 0 aromatic heterocycles. The summed E-state index contributed by atoms with van der Waals surface area (Å²) in [6, 6.07) is 17.4. The topological polar surface area (TPSA) is 201 Å². The summed E-state index contributed by atoms with van der Waals surface area (Å²) in [4.78, 5) is 41.4. The SMILES string of the molecule is Nc1cccc(N)c1.O=C(O)c1ccc(C(=O)O)cc1.O=C(O)c1cccc(C(=O)O)c1. The van der Waals surface area contributed by atoms with Crippen LogP contribution in [-0.4, -0.2) is 44.3 Å². The van der Waals surface area contributed by atoms with Gasteiger partial charge in [-0.15, -0.1) is 0 Å². The lowest BCUT2D eigenvalue weighted by Crippen LogP contribution is -2.01. The number of nitrogens with two attached hydrogens (primary N) is 2. The van der Waals surface area contributed by atoms with Crippen molar-refractivity contribution in [2.45, 2.75) is 0 Å². The highest BCUT2D eigenvalue weighted by Crippen LogP contribution is 2.06. The fourth-order valence-corrected chi connectivity index (χ4v) is 2.10. The molecule has 166 valence electrons. The van der Waals surface area contributed by atoms with Gasteiger partial charge in [-0.05, 0) is 60.7 Å². The van der Waals surface area contributed by atoms with Crippen LogP contribution in [0.5, 0.6) is 0 Å². The van der Waals surface area contributed by atoms with Crippen LogP contribution in [0.4, 0.5) is 11.4 Å². The molecule has 0 radical (unpaired) electrons. The summed E-state index contributed by atoms with van der Waals surface area (Å²) in [5.41, 5.74) is 12.3. The van der Waals surface area contributed by atoms with Crippen LogP contribution in [0.25, 0.3) is 0 Å². The molecule has 0 aliphatic carbocycles. The number of carboxylic acid groups (broad SMARTS) is 4. The average molecular weight is 440 g/mol. The Hall–Kier alpha value is -4.86. The maximum atomic E-state index is 10.4. The molecule has 8 N–H and O–H groups in total. The first-order valence-electron chi connectivity index (χ1n) is 8.75. The van der Waals surface area contributed by atoms with Gasteiger partial charge < -0.3 is 31.9 Å². The Labute approximate surface area is 182 Å². The van der Waals surface area contributed by atoms with Crippen molar-refractivity contribution in [1.82, 2.24) is 0 Å². The molecule has 0 aliphatic rings. The second-order valence-electron chi connectivity index (χ2n) is 6.05. The monoisotopic (exact) mass is 440 g/mol. The van der Waals surface area contributed by atoms with E-state index < -0.39 is 23.9 Å². The van der Waals surface area contributed by atoms with E-state index in [9.17, 15) is 19.2 Å². The summed E-state index contributed by atoms with van der Waals surface area (Å²) in [5.74, 6) is -4.38. The maximum absolute atomic E-state index is 10.4. The molecule has 0 bridgehead atoms. The molecule has 0 unspecified atom stereocenters. The van der Waals surface area contributed by atoms with Crippen molar-refractivity contribution in [2.24, 2.45) is 0 Å². The van der Waals surface area contributed by atoms with Gasteiger partial charge in [0.2, 0.25) is 0 Å². The lowest BCUT2D eigenvalue weighted by Gasteiger charge is -1.95. The third-order valence-electron chi connectivity index (χ3n) is 3.65. The molecule has 0 heterocycles. The van der Waals surface area contributed by atoms with Crippen LogP contribution in [-0.2, 0) is 0 Å². The minimum atomic E-state index is -1.13. The Morgan fingerprint density at radius 1 is 0.469 bits per heavy atom. The third kappa shape index (κ3) is 8.66. The lowest BCUT2D eigenvalue weighted by molar-refractivity contribution is 0.0681. The van der Waals surface area contributed by atoms with Gasteiger partial charge in [-0.25, -0.2) is 19.2 Å². The van der Waals surface area contributed by atoms with Crippen molar-refractivity contribution >= 4 is 35.3 Å². The lowest BCUT2D eigenvalue weighted by atomic mass is 10.1. The van der Waals surface area contributed by atoms with E-state index in [-0.39, 0.29) is 22.3 Å². The first kappa shape index (κ1) is 25.2. The Kier molecular flexibility index (Phi) is 9.42. The van der Waals surface area contributed by atoms with E-state index in [1.165, 1.54) is 42.5 Å². The molecule has 0 amide bonds. The van der Waals surface area contributed by atoms with Crippen molar-refractivity contribution < 1.29 is 39.6 Å². The number of carbonyl (C=O) groups is 4. The first-order chi connectivity index (χ1) is 15.0. The molecule has 0 saturated heterocycles. The van der Waals surface area contributed by atoms with Gasteiger partial charge in [0.05, 0.1) is 22.3 Å². The van der Waals surface area contributed by atoms with Gasteiger partial charge in [-0.1, -0.05) is 12.1 Å². The third-order valence-corrected chi connectivity index (χ3v) is 3.65. The fraction of sp³-hybridized carbons (Fsp3) is 0. The maximum Gasteiger partial charge on any atom is 0.335 e. The van der Waals surface area contributed by atoms with Gasteiger partial charge in [0, 0.05) is 11.4 Å².